The second-order valence-corrected chi connectivity index (χ2v) is 6.48. The van der Waals surface area contributed by atoms with Gasteiger partial charge in [-0.1, -0.05) is 31.0 Å². The SMILES string of the molecule is O=C(Oc1ccccc1)N1CCCN(C2CCCCC2O)CC1. The summed E-state index contributed by atoms with van der Waals surface area (Å²) in [7, 11) is 0. The molecule has 0 bridgehead atoms. The monoisotopic (exact) mass is 318 g/mol. The first-order valence-corrected chi connectivity index (χ1v) is 8.68. The van der Waals surface area contributed by atoms with Gasteiger partial charge in [-0.2, -0.15) is 0 Å². The second-order valence-electron chi connectivity index (χ2n) is 6.48. The molecule has 0 aromatic heterocycles. The Kier molecular flexibility index (Phi) is 5.51. The van der Waals surface area contributed by atoms with Crippen LogP contribution in [0.5, 0.6) is 5.75 Å². The molecule has 1 amide bonds. The molecule has 1 saturated heterocycles. The van der Waals surface area contributed by atoms with E-state index in [1.54, 1.807) is 17.0 Å². The first-order valence-electron chi connectivity index (χ1n) is 8.68. The van der Waals surface area contributed by atoms with Gasteiger partial charge in [-0.3, -0.25) is 4.90 Å². The Morgan fingerprint density at radius 2 is 1.78 bits per heavy atom. The molecule has 2 atom stereocenters. The maximum Gasteiger partial charge on any atom is 0.415 e. The fourth-order valence-electron chi connectivity index (χ4n) is 3.62. The van der Waals surface area contributed by atoms with Crippen LogP contribution >= 0.6 is 0 Å². The van der Waals surface area contributed by atoms with E-state index in [-0.39, 0.29) is 18.2 Å². The summed E-state index contributed by atoms with van der Waals surface area (Å²) in [6, 6.07) is 9.46. The van der Waals surface area contributed by atoms with E-state index in [4.69, 9.17) is 4.74 Å². The van der Waals surface area contributed by atoms with Crippen LogP contribution in [0.1, 0.15) is 32.1 Å². The van der Waals surface area contributed by atoms with Crippen molar-refractivity contribution in [3.63, 3.8) is 0 Å². The Labute approximate surface area is 137 Å². The predicted molar refractivity (Wildman–Crippen MR) is 88.5 cm³/mol. The zero-order chi connectivity index (χ0) is 16.1. The normalized spacial score (nSPS) is 26.6. The van der Waals surface area contributed by atoms with Crippen LogP contribution in [0.4, 0.5) is 4.79 Å². The Hall–Kier alpha value is -1.59. The highest BCUT2D eigenvalue weighted by Crippen LogP contribution is 2.24. The molecule has 126 valence electrons. The van der Waals surface area contributed by atoms with Gasteiger partial charge in [0.05, 0.1) is 6.10 Å². The lowest BCUT2D eigenvalue weighted by Gasteiger charge is -2.37. The van der Waals surface area contributed by atoms with Gasteiger partial charge >= 0.3 is 6.09 Å². The molecule has 5 heteroatoms. The smallest absolute Gasteiger partial charge is 0.410 e. The summed E-state index contributed by atoms with van der Waals surface area (Å²) in [5.74, 6) is 0.585. The van der Waals surface area contributed by atoms with Gasteiger partial charge in [0.15, 0.2) is 0 Å². The van der Waals surface area contributed by atoms with E-state index in [1.807, 2.05) is 18.2 Å². The van der Waals surface area contributed by atoms with E-state index >= 15 is 0 Å². The number of ether oxygens (including phenoxy) is 1. The largest absolute Gasteiger partial charge is 0.415 e. The lowest BCUT2D eigenvalue weighted by molar-refractivity contribution is 0.0218. The van der Waals surface area contributed by atoms with E-state index in [0.717, 1.165) is 38.8 Å². The zero-order valence-electron chi connectivity index (χ0n) is 13.6. The summed E-state index contributed by atoms with van der Waals surface area (Å²) in [4.78, 5) is 16.4. The highest BCUT2D eigenvalue weighted by atomic mass is 16.6. The Morgan fingerprint density at radius 3 is 2.57 bits per heavy atom. The number of aliphatic hydroxyl groups excluding tert-OH is 1. The van der Waals surface area contributed by atoms with Crippen LogP contribution < -0.4 is 4.74 Å². The number of para-hydroxylation sites is 1. The van der Waals surface area contributed by atoms with E-state index in [9.17, 15) is 9.90 Å². The predicted octanol–water partition coefficient (Wildman–Crippen LogP) is 2.50. The second kappa shape index (κ2) is 7.79. The molecule has 2 unspecified atom stereocenters. The van der Waals surface area contributed by atoms with Gasteiger partial charge in [-0.05, 0) is 31.4 Å². The number of hydrogen-bond acceptors (Lipinski definition) is 4. The van der Waals surface area contributed by atoms with Crippen LogP contribution in [0.25, 0.3) is 0 Å². The van der Waals surface area contributed by atoms with Crippen molar-refractivity contribution in [2.24, 2.45) is 0 Å². The molecule has 1 aromatic carbocycles. The number of aliphatic hydroxyl groups is 1. The summed E-state index contributed by atoms with van der Waals surface area (Å²) in [5, 5.41) is 10.2. The summed E-state index contributed by atoms with van der Waals surface area (Å²) in [5.41, 5.74) is 0. The van der Waals surface area contributed by atoms with Crippen molar-refractivity contribution in [2.45, 2.75) is 44.2 Å². The molecule has 1 N–H and O–H groups in total. The number of benzene rings is 1. The zero-order valence-corrected chi connectivity index (χ0v) is 13.6. The van der Waals surface area contributed by atoms with Crippen molar-refractivity contribution in [1.29, 1.82) is 0 Å². The molecule has 23 heavy (non-hydrogen) atoms. The topological polar surface area (TPSA) is 53.0 Å². The van der Waals surface area contributed by atoms with Crippen molar-refractivity contribution in [2.75, 3.05) is 26.2 Å². The van der Waals surface area contributed by atoms with Gasteiger partial charge in [0, 0.05) is 32.2 Å². The molecule has 2 fully saturated rings. The molecule has 1 aromatic rings. The van der Waals surface area contributed by atoms with Gasteiger partial charge in [0.2, 0.25) is 0 Å². The van der Waals surface area contributed by atoms with E-state index in [2.05, 4.69) is 4.90 Å². The fourth-order valence-corrected chi connectivity index (χ4v) is 3.62. The molecule has 2 aliphatic rings. The molecule has 0 spiro atoms. The molecule has 0 radical (unpaired) electrons. The minimum atomic E-state index is -0.276. The average molecular weight is 318 g/mol. The third-order valence-corrected chi connectivity index (χ3v) is 4.90. The minimum Gasteiger partial charge on any atom is -0.410 e. The molecule has 3 rings (SSSR count). The molecule has 5 nitrogen and oxygen atoms in total. The van der Waals surface area contributed by atoms with Crippen LogP contribution in [-0.2, 0) is 0 Å². The van der Waals surface area contributed by atoms with Crippen LogP contribution in [0.2, 0.25) is 0 Å². The standard InChI is InChI=1S/C18H26N2O3/c21-17-10-5-4-9-16(17)19-11-6-12-20(14-13-19)18(22)23-15-7-2-1-3-8-15/h1-3,7-8,16-17,21H,4-6,9-14H2. The van der Waals surface area contributed by atoms with E-state index in [1.165, 1.54) is 6.42 Å². The van der Waals surface area contributed by atoms with Gasteiger partial charge < -0.3 is 14.7 Å². The average Bonchev–Trinajstić information content (AvgIpc) is 2.82. The van der Waals surface area contributed by atoms with Crippen molar-refractivity contribution >= 4 is 6.09 Å². The number of carbonyl (C=O) groups excluding carboxylic acids is 1. The maximum absolute atomic E-state index is 12.3. The summed E-state index contributed by atoms with van der Waals surface area (Å²) in [6.45, 7) is 3.13. The lowest BCUT2D eigenvalue weighted by Crippen LogP contribution is -2.47. The van der Waals surface area contributed by atoms with E-state index in [0.29, 0.717) is 18.8 Å². The number of nitrogens with zero attached hydrogens (tertiary/aromatic N) is 2. The van der Waals surface area contributed by atoms with Crippen molar-refractivity contribution in [3.05, 3.63) is 30.3 Å². The number of hydrogen-bond donors (Lipinski definition) is 1. The van der Waals surface area contributed by atoms with Crippen molar-refractivity contribution in [1.82, 2.24) is 9.80 Å². The Morgan fingerprint density at radius 1 is 1.00 bits per heavy atom. The quantitative estimate of drug-likeness (QED) is 0.910. The van der Waals surface area contributed by atoms with Gasteiger partial charge in [-0.15, -0.1) is 0 Å². The highest BCUT2D eigenvalue weighted by molar-refractivity contribution is 5.70. The Balaban J connectivity index is 1.54. The number of rotatable bonds is 2. The van der Waals surface area contributed by atoms with Crippen LogP contribution in [0, 0.1) is 0 Å². The molecule has 1 aliphatic heterocycles. The first-order chi connectivity index (χ1) is 11.2. The van der Waals surface area contributed by atoms with Gasteiger partial charge in [0.25, 0.3) is 0 Å². The van der Waals surface area contributed by atoms with Crippen LogP contribution in [-0.4, -0.2) is 59.3 Å². The number of carbonyl (C=O) groups is 1. The fraction of sp³-hybridized carbons (Fsp3) is 0.611. The van der Waals surface area contributed by atoms with Crippen LogP contribution in [0.15, 0.2) is 30.3 Å². The molecule has 1 heterocycles. The molecule has 1 aliphatic carbocycles. The van der Waals surface area contributed by atoms with Crippen molar-refractivity contribution < 1.29 is 14.6 Å². The summed E-state index contributed by atoms with van der Waals surface area (Å²) in [6.07, 6.45) is 4.72. The van der Waals surface area contributed by atoms with Crippen LogP contribution in [0.3, 0.4) is 0 Å². The third-order valence-electron chi connectivity index (χ3n) is 4.90. The van der Waals surface area contributed by atoms with Gasteiger partial charge in [0.1, 0.15) is 5.75 Å². The third kappa shape index (κ3) is 4.24. The summed E-state index contributed by atoms with van der Waals surface area (Å²) >= 11 is 0. The maximum atomic E-state index is 12.3. The highest BCUT2D eigenvalue weighted by Gasteiger charge is 2.30. The minimum absolute atomic E-state index is 0.216. The molecule has 1 saturated carbocycles. The molecular formula is C18H26N2O3. The van der Waals surface area contributed by atoms with Gasteiger partial charge in [-0.25, -0.2) is 4.79 Å². The van der Waals surface area contributed by atoms with Crippen molar-refractivity contribution in [3.8, 4) is 5.75 Å². The van der Waals surface area contributed by atoms with E-state index < -0.39 is 0 Å². The number of amides is 1. The summed E-state index contributed by atoms with van der Waals surface area (Å²) < 4.78 is 5.43. The lowest BCUT2D eigenvalue weighted by atomic mass is 9.91. The first kappa shape index (κ1) is 16.3. The molecular weight excluding hydrogens is 292 g/mol. The Bertz CT molecular complexity index is 508.